The molecule has 0 atom stereocenters. The average Bonchev–Trinajstić information content (AvgIpc) is 3.17. The van der Waals surface area contributed by atoms with Gasteiger partial charge in [-0.15, -0.1) is 6.58 Å². The minimum absolute atomic E-state index is 0.0517. The lowest BCUT2D eigenvalue weighted by Gasteiger charge is -2.27. The summed E-state index contributed by atoms with van der Waals surface area (Å²) in [5.74, 6) is 1.11. The summed E-state index contributed by atoms with van der Waals surface area (Å²) >= 11 is 3.39. The Hall–Kier alpha value is -3.12. The van der Waals surface area contributed by atoms with Crippen LogP contribution < -0.4 is 0 Å². The van der Waals surface area contributed by atoms with Gasteiger partial charge in [0, 0.05) is 23.1 Å². The van der Waals surface area contributed by atoms with Gasteiger partial charge in [0.25, 0.3) is 5.91 Å². The van der Waals surface area contributed by atoms with Crippen molar-refractivity contribution in [3.8, 4) is 0 Å². The van der Waals surface area contributed by atoms with Gasteiger partial charge < -0.3 is 14.2 Å². The molecule has 0 radical (unpaired) electrons. The molecule has 31 heavy (non-hydrogen) atoms. The number of benzene rings is 2. The summed E-state index contributed by atoms with van der Waals surface area (Å²) in [7, 11) is 0. The van der Waals surface area contributed by atoms with Gasteiger partial charge in [-0.1, -0.05) is 58.4 Å². The van der Waals surface area contributed by atoms with Crippen molar-refractivity contribution >= 4 is 27.7 Å². The van der Waals surface area contributed by atoms with E-state index in [1.54, 1.807) is 29.2 Å². The van der Waals surface area contributed by atoms with Crippen molar-refractivity contribution in [2.24, 2.45) is 0 Å². The minimum Gasteiger partial charge on any atom is -0.464 e. The zero-order chi connectivity index (χ0) is 22.2. The van der Waals surface area contributed by atoms with Crippen molar-refractivity contribution in [2.75, 3.05) is 13.1 Å². The Bertz CT molecular complexity index is 1050. The van der Waals surface area contributed by atoms with Gasteiger partial charge in [0.15, 0.2) is 0 Å². The van der Waals surface area contributed by atoms with Crippen molar-refractivity contribution in [1.82, 2.24) is 9.80 Å². The van der Waals surface area contributed by atoms with Gasteiger partial charge in [-0.05, 0) is 42.8 Å². The van der Waals surface area contributed by atoms with Gasteiger partial charge >= 0.3 is 0 Å². The predicted molar refractivity (Wildman–Crippen MR) is 124 cm³/mol. The van der Waals surface area contributed by atoms with Crippen molar-refractivity contribution in [1.29, 1.82) is 0 Å². The number of hydrogen-bond acceptors (Lipinski definition) is 3. The minimum atomic E-state index is -0.219. The van der Waals surface area contributed by atoms with Crippen LogP contribution in [-0.4, -0.2) is 34.7 Å². The number of halogens is 1. The van der Waals surface area contributed by atoms with Crippen LogP contribution in [0, 0.1) is 6.92 Å². The lowest BCUT2D eigenvalue weighted by molar-refractivity contribution is -0.133. The molecule has 1 heterocycles. The number of hydrogen-bond donors (Lipinski definition) is 0. The fourth-order valence-corrected chi connectivity index (χ4v) is 3.64. The molecule has 160 valence electrons. The smallest absolute Gasteiger partial charge is 0.254 e. The van der Waals surface area contributed by atoms with E-state index in [0.717, 1.165) is 15.8 Å². The third-order valence-corrected chi connectivity index (χ3v) is 5.24. The summed E-state index contributed by atoms with van der Waals surface area (Å²) in [6.07, 6.45) is 1.63. The molecule has 0 fully saturated rings. The van der Waals surface area contributed by atoms with Gasteiger partial charge in [-0.2, -0.15) is 0 Å². The summed E-state index contributed by atoms with van der Waals surface area (Å²) in [6, 6.07) is 20.6. The molecule has 0 aliphatic rings. The fraction of sp³-hybridized carbons (Fsp3) is 0.200. The second-order valence-corrected chi connectivity index (χ2v) is 8.15. The summed E-state index contributed by atoms with van der Waals surface area (Å²) in [5, 5.41) is 0. The highest BCUT2D eigenvalue weighted by Gasteiger charge is 2.23. The van der Waals surface area contributed by atoms with Gasteiger partial charge in [-0.3, -0.25) is 9.59 Å². The van der Waals surface area contributed by atoms with Crippen LogP contribution in [0.15, 0.2) is 88.3 Å². The lowest BCUT2D eigenvalue weighted by atomic mass is 10.2. The molecule has 0 N–H and O–H groups in total. The maximum absolute atomic E-state index is 13.3. The van der Waals surface area contributed by atoms with Crippen LogP contribution in [0.4, 0.5) is 0 Å². The molecule has 0 unspecified atom stereocenters. The SMILES string of the molecule is C=CCN(CC(=O)N(Cc1ccccc1)Cc1ccc(C)o1)C(=O)c1cccc(Br)c1. The monoisotopic (exact) mass is 480 g/mol. The summed E-state index contributed by atoms with van der Waals surface area (Å²) in [4.78, 5) is 29.5. The Labute approximate surface area is 191 Å². The standard InChI is InChI=1S/C25H25BrN2O3/c1-3-14-27(25(30)21-10-7-11-22(26)15-21)18-24(29)28(16-20-8-5-4-6-9-20)17-23-13-12-19(2)31-23/h3-13,15H,1,14,16-18H2,2H3. The first kappa shape index (κ1) is 22.6. The zero-order valence-electron chi connectivity index (χ0n) is 17.5. The van der Waals surface area contributed by atoms with Crippen LogP contribution >= 0.6 is 15.9 Å². The summed E-state index contributed by atoms with van der Waals surface area (Å²) in [5.41, 5.74) is 1.52. The fourth-order valence-electron chi connectivity index (χ4n) is 3.24. The second-order valence-electron chi connectivity index (χ2n) is 7.23. The Balaban J connectivity index is 1.80. The Morgan fingerprint density at radius 3 is 2.42 bits per heavy atom. The molecule has 2 aromatic carbocycles. The number of carbonyl (C=O) groups excluding carboxylic acids is 2. The van der Waals surface area contributed by atoms with E-state index in [1.165, 1.54) is 4.90 Å². The van der Waals surface area contributed by atoms with Gasteiger partial charge in [-0.25, -0.2) is 0 Å². The molecule has 6 heteroatoms. The Morgan fingerprint density at radius 2 is 1.77 bits per heavy atom. The number of carbonyl (C=O) groups is 2. The van der Waals surface area contributed by atoms with E-state index in [4.69, 9.17) is 4.42 Å². The van der Waals surface area contributed by atoms with Crippen molar-refractivity contribution in [3.63, 3.8) is 0 Å². The summed E-state index contributed by atoms with van der Waals surface area (Å²) < 4.78 is 6.50. The Kier molecular flexibility index (Phi) is 7.84. The van der Waals surface area contributed by atoms with Crippen LogP contribution in [0.2, 0.25) is 0 Å². The lowest BCUT2D eigenvalue weighted by Crippen LogP contribution is -2.42. The summed E-state index contributed by atoms with van der Waals surface area (Å²) in [6.45, 7) is 6.59. The molecular formula is C25H25BrN2O3. The first-order valence-electron chi connectivity index (χ1n) is 9.99. The quantitative estimate of drug-likeness (QED) is 0.395. The van der Waals surface area contributed by atoms with Gasteiger partial charge in [0.2, 0.25) is 5.91 Å². The van der Waals surface area contributed by atoms with Gasteiger partial charge in [0.1, 0.15) is 18.1 Å². The Morgan fingerprint density at radius 1 is 1.00 bits per heavy atom. The number of nitrogens with zero attached hydrogens (tertiary/aromatic N) is 2. The van der Waals surface area contributed by atoms with Crippen LogP contribution in [0.3, 0.4) is 0 Å². The predicted octanol–water partition coefficient (Wildman–Crippen LogP) is 5.21. The topological polar surface area (TPSA) is 53.8 Å². The van der Waals surface area contributed by atoms with Crippen molar-refractivity contribution in [3.05, 3.63) is 107 Å². The maximum Gasteiger partial charge on any atom is 0.254 e. The molecule has 5 nitrogen and oxygen atoms in total. The maximum atomic E-state index is 13.3. The zero-order valence-corrected chi connectivity index (χ0v) is 19.0. The van der Waals surface area contributed by atoms with Crippen LogP contribution in [0.1, 0.15) is 27.4 Å². The highest BCUT2D eigenvalue weighted by molar-refractivity contribution is 9.10. The molecule has 3 aromatic rings. The van der Waals surface area contributed by atoms with Crippen molar-refractivity contribution in [2.45, 2.75) is 20.0 Å². The molecule has 0 spiro atoms. The number of furan rings is 1. The first-order valence-corrected chi connectivity index (χ1v) is 10.8. The molecular weight excluding hydrogens is 456 g/mol. The first-order chi connectivity index (χ1) is 15.0. The van der Waals surface area contributed by atoms with E-state index in [2.05, 4.69) is 22.5 Å². The van der Waals surface area contributed by atoms with E-state index in [0.29, 0.717) is 24.4 Å². The molecule has 0 bridgehead atoms. The molecule has 0 saturated carbocycles. The van der Waals surface area contributed by atoms with E-state index in [1.807, 2.05) is 55.5 Å². The molecule has 3 rings (SSSR count). The van der Waals surface area contributed by atoms with E-state index >= 15 is 0 Å². The number of aryl methyl sites for hydroxylation is 1. The molecule has 1 aromatic heterocycles. The molecule has 0 saturated heterocycles. The van der Waals surface area contributed by atoms with Crippen LogP contribution in [0.25, 0.3) is 0 Å². The van der Waals surface area contributed by atoms with E-state index < -0.39 is 0 Å². The third-order valence-electron chi connectivity index (χ3n) is 4.75. The van der Waals surface area contributed by atoms with E-state index in [9.17, 15) is 9.59 Å². The number of amides is 2. The van der Waals surface area contributed by atoms with Crippen molar-refractivity contribution < 1.29 is 14.0 Å². The highest BCUT2D eigenvalue weighted by atomic mass is 79.9. The number of rotatable bonds is 9. The largest absolute Gasteiger partial charge is 0.464 e. The van der Waals surface area contributed by atoms with Crippen LogP contribution in [0.5, 0.6) is 0 Å². The average molecular weight is 481 g/mol. The van der Waals surface area contributed by atoms with E-state index in [-0.39, 0.29) is 24.9 Å². The van der Waals surface area contributed by atoms with Gasteiger partial charge in [0.05, 0.1) is 6.54 Å². The molecule has 0 aliphatic carbocycles. The normalized spacial score (nSPS) is 10.5. The van der Waals surface area contributed by atoms with Crippen LogP contribution in [-0.2, 0) is 17.9 Å². The molecule has 0 aliphatic heterocycles. The highest BCUT2D eigenvalue weighted by Crippen LogP contribution is 2.16. The molecule has 2 amide bonds. The third kappa shape index (κ3) is 6.43. The second kappa shape index (κ2) is 10.8.